The molecule has 0 bridgehead atoms. The number of nitrogens with zero attached hydrogens (tertiary/aromatic N) is 2. The number of hydrogen-bond donors (Lipinski definition) is 1. The fourth-order valence-corrected chi connectivity index (χ4v) is 3.06. The summed E-state index contributed by atoms with van der Waals surface area (Å²) < 4.78 is 11.0. The summed E-state index contributed by atoms with van der Waals surface area (Å²) in [6, 6.07) is 6.03. The van der Waals surface area contributed by atoms with Crippen molar-refractivity contribution < 1.29 is 9.47 Å². The Morgan fingerprint density at radius 3 is 2.76 bits per heavy atom. The van der Waals surface area contributed by atoms with Crippen LogP contribution in [0.1, 0.15) is 39.2 Å². The number of halogens is 1. The van der Waals surface area contributed by atoms with Crippen LogP contribution in [0.3, 0.4) is 0 Å². The summed E-state index contributed by atoms with van der Waals surface area (Å²) >= 11 is 0. The van der Waals surface area contributed by atoms with Crippen LogP contribution in [-0.4, -0.2) is 44.2 Å². The molecule has 1 aromatic carbocycles. The number of aliphatic imine (C=N–C) groups is 1. The third kappa shape index (κ3) is 6.56. The second kappa shape index (κ2) is 11.4. The summed E-state index contributed by atoms with van der Waals surface area (Å²) in [6.07, 6.45) is 2.55. The Morgan fingerprint density at radius 1 is 1.32 bits per heavy atom. The van der Waals surface area contributed by atoms with E-state index in [-0.39, 0.29) is 24.0 Å². The molecule has 6 heteroatoms. The van der Waals surface area contributed by atoms with Gasteiger partial charge in [-0.2, -0.15) is 0 Å². The number of piperidine rings is 1. The number of hydrogen-bond acceptors (Lipinski definition) is 3. The molecular weight excluding hydrogens is 429 g/mol. The molecule has 1 N–H and O–H groups in total. The highest BCUT2D eigenvalue weighted by molar-refractivity contribution is 14.0. The molecule has 0 saturated carbocycles. The van der Waals surface area contributed by atoms with Crippen molar-refractivity contribution in [3.63, 3.8) is 0 Å². The van der Waals surface area contributed by atoms with Crippen molar-refractivity contribution in [2.45, 2.75) is 40.2 Å². The van der Waals surface area contributed by atoms with E-state index in [1.807, 2.05) is 19.1 Å². The van der Waals surface area contributed by atoms with Gasteiger partial charge in [0.1, 0.15) is 0 Å². The number of nitrogens with one attached hydrogen (secondary N) is 1. The van der Waals surface area contributed by atoms with Crippen LogP contribution in [0, 0.1) is 5.92 Å². The van der Waals surface area contributed by atoms with Crippen molar-refractivity contribution in [2.75, 3.05) is 33.4 Å². The van der Waals surface area contributed by atoms with Gasteiger partial charge in [-0.15, -0.1) is 24.0 Å². The molecule has 0 amide bonds. The number of guanidine groups is 1. The predicted octanol–water partition coefficient (Wildman–Crippen LogP) is 3.91. The van der Waals surface area contributed by atoms with Gasteiger partial charge in [-0.25, -0.2) is 4.99 Å². The highest BCUT2D eigenvalue weighted by atomic mass is 127. The van der Waals surface area contributed by atoms with Gasteiger partial charge in [-0.05, 0) is 50.3 Å². The van der Waals surface area contributed by atoms with Crippen LogP contribution in [0.2, 0.25) is 0 Å². The van der Waals surface area contributed by atoms with E-state index in [0.717, 1.165) is 48.6 Å². The molecule has 5 nitrogen and oxygen atoms in total. The highest BCUT2D eigenvalue weighted by Crippen LogP contribution is 2.28. The molecule has 1 aliphatic rings. The number of likely N-dealkylation sites (tertiary alicyclic amines) is 1. The highest BCUT2D eigenvalue weighted by Gasteiger charge is 2.19. The van der Waals surface area contributed by atoms with E-state index >= 15 is 0 Å². The zero-order valence-electron chi connectivity index (χ0n) is 15.9. The molecule has 142 valence electrons. The van der Waals surface area contributed by atoms with Gasteiger partial charge in [0, 0.05) is 19.6 Å². The molecule has 1 fully saturated rings. The maximum absolute atomic E-state index is 5.57. The van der Waals surface area contributed by atoms with Crippen LogP contribution in [0.15, 0.2) is 23.2 Å². The van der Waals surface area contributed by atoms with Crippen molar-refractivity contribution in [1.29, 1.82) is 0 Å². The number of rotatable bonds is 6. The van der Waals surface area contributed by atoms with Crippen LogP contribution in [0.25, 0.3) is 0 Å². The van der Waals surface area contributed by atoms with Crippen LogP contribution < -0.4 is 14.8 Å². The average Bonchev–Trinajstić information content (AvgIpc) is 2.59. The molecule has 0 aliphatic carbocycles. The third-order valence-electron chi connectivity index (χ3n) is 4.23. The first-order valence-corrected chi connectivity index (χ1v) is 9.00. The number of ether oxygens (including phenoxy) is 2. The molecule has 0 radical (unpaired) electrons. The monoisotopic (exact) mass is 461 g/mol. The molecule has 1 atom stereocenters. The summed E-state index contributed by atoms with van der Waals surface area (Å²) in [5.74, 6) is 3.29. The van der Waals surface area contributed by atoms with E-state index in [2.05, 4.69) is 30.1 Å². The van der Waals surface area contributed by atoms with E-state index in [0.29, 0.717) is 13.2 Å². The summed E-state index contributed by atoms with van der Waals surface area (Å²) in [4.78, 5) is 7.21. The van der Waals surface area contributed by atoms with Crippen LogP contribution in [0.5, 0.6) is 11.5 Å². The van der Waals surface area contributed by atoms with Crippen molar-refractivity contribution in [3.05, 3.63) is 23.8 Å². The minimum absolute atomic E-state index is 0. The smallest absolute Gasteiger partial charge is 0.194 e. The first kappa shape index (κ1) is 21.9. The second-order valence-electron chi connectivity index (χ2n) is 6.28. The molecule has 0 aromatic heterocycles. The minimum Gasteiger partial charge on any atom is -0.493 e. The molecule has 25 heavy (non-hydrogen) atoms. The van der Waals surface area contributed by atoms with Gasteiger partial charge < -0.3 is 19.7 Å². The van der Waals surface area contributed by atoms with E-state index in [4.69, 9.17) is 14.5 Å². The van der Waals surface area contributed by atoms with Gasteiger partial charge >= 0.3 is 0 Å². The Kier molecular flexibility index (Phi) is 10.0. The summed E-state index contributed by atoms with van der Waals surface area (Å²) in [5, 5.41) is 3.42. The third-order valence-corrected chi connectivity index (χ3v) is 4.23. The Morgan fingerprint density at radius 2 is 2.12 bits per heavy atom. The summed E-state index contributed by atoms with van der Waals surface area (Å²) in [5.41, 5.74) is 1.12. The fourth-order valence-electron chi connectivity index (χ4n) is 3.06. The molecule has 1 unspecified atom stereocenters. The van der Waals surface area contributed by atoms with Gasteiger partial charge in [-0.3, -0.25) is 0 Å². The van der Waals surface area contributed by atoms with Crippen LogP contribution in [0.4, 0.5) is 0 Å². The lowest BCUT2D eigenvalue weighted by Crippen LogP contribution is -2.46. The van der Waals surface area contributed by atoms with E-state index < -0.39 is 0 Å². The average molecular weight is 461 g/mol. The van der Waals surface area contributed by atoms with E-state index in [1.54, 1.807) is 7.11 Å². The number of methoxy groups -OCH3 is 1. The maximum Gasteiger partial charge on any atom is 0.194 e. The summed E-state index contributed by atoms with van der Waals surface area (Å²) in [6.45, 7) is 10.7. The molecule has 0 spiro atoms. The van der Waals surface area contributed by atoms with Gasteiger partial charge in [0.15, 0.2) is 17.5 Å². The topological polar surface area (TPSA) is 46.1 Å². The molecule has 1 saturated heterocycles. The molecule has 1 heterocycles. The Hall–Kier alpha value is -1.18. The Balaban J connectivity index is 0.00000312. The van der Waals surface area contributed by atoms with E-state index in [1.165, 1.54) is 12.8 Å². The lowest BCUT2D eigenvalue weighted by molar-refractivity contribution is 0.266. The van der Waals surface area contributed by atoms with Gasteiger partial charge in [-0.1, -0.05) is 13.0 Å². The van der Waals surface area contributed by atoms with Gasteiger partial charge in [0.2, 0.25) is 0 Å². The maximum atomic E-state index is 5.57. The van der Waals surface area contributed by atoms with Gasteiger partial charge in [0.05, 0.1) is 20.3 Å². The van der Waals surface area contributed by atoms with Crippen molar-refractivity contribution in [3.8, 4) is 11.5 Å². The molecule has 1 aromatic rings. The zero-order valence-corrected chi connectivity index (χ0v) is 18.2. The Labute approximate surface area is 169 Å². The summed E-state index contributed by atoms with van der Waals surface area (Å²) in [7, 11) is 1.67. The first-order valence-electron chi connectivity index (χ1n) is 9.00. The van der Waals surface area contributed by atoms with Crippen molar-refractivity contribution in [2.24, 2.45) is 10.9 Å². The lowest BCUT2D eigenvalue weighted by Gasteiger charge is -2.33. The van der Waals surface area contributed by atoms with Crippen molar-refractivity contribution >= 4 is 29.9 Å². The zero-order chi connectivity index (χ0) is 17.4. The quantitative estimate of drug-likeness (QED) is 0.397. The fraction of sp³-hybridized carbons (Fsp3) is 0.632. The standard InChI is InChI=1S/C19H31N3O2.HI/c1-5-20-19(22-11-7-8-15(3)14-22)21-13-16-9-10-17(24-6-2)18(12-16)23-4;/h9-10,12,15H,5-8,11,13-14H2,1-4H3,(H,20,21);1H. The van der Waals surface area contributed by atoms with E-state index in [9.17, 15) is 0 Å². The van der Waals surface area contributed by atoms with Gasteiger partial charge in [0.25, 0.3) is 0 Å². The number of benzene rings is 1. The Bertz CT molecular complexity index is 551. The lowest BCUT2D eigenvalue weighted by atomic mass is 10.0. The molecular formula is C19H32IN3O2. The SMILES string of the molecule is CCNC(=NCc1ccc(OCC)c(OC)c1)N1CCCC(C)C1.I. The predicted molar refractivity (Wildman–Crippen MR) is 114 cm³/mol. The second-order valence-corrected chi connectivity index (χ2v) is 6.28. The van der Waals surface area contributed by atoms with Crippen LogP contribution >= 0.6 is 24.0 Å². The molecule has 2 rings (SSSR count). The van der Waals surface area contributed by atoms with Crippen molar-refractivity contribution in [1.82, 2.24) is 10.2 Å². The minimum atomic E-state index is 0. The normalized spacial score (nSPS) is 17.7. The molecule has 1 aliphatic heterocycles. The largest absolute Gasteiger partial charge is 0.493 e. The van der Waals surface area contributed by atoms with Crippen LogP contribution in [-0.2, 0) is 6.54 Å². The first-order chi connectivity index (χ1) is 11.7.